The number of aliphatic imine (C=N–C) groups is 1. The Morgan fingerprint density at radius 1 is 0.976 bits per heavy atom. The number of amides is 2. The molecule has 7 heteroatoms. The highest BCUT2D eigenvalue weighted by Gasteiger charge is 2.24. The summed E-state index contributed by atoms with van der Waals surface area (Å²) in [5.41, 5.74) is 5.94. The molecule has 0 aliphatic carbocycles. The molecule has 0 saturated carbocycles. The smallest absolute Gasteiger partial charge is 0.255 e. The number of anilines is 2. The average Bonchev–Trinajstić information content (AvgIpc) is 2.98. The number of benzene rings is 4. The summed E-state index contributed by atoms with van der Waals surface area (Å²) in [5, 5.41) is 8.27. The summed E-state index contributed by atoms with van der Waals surface area (Å²) in [6.45, 7) is 7.97. The minimum absolute atomic E-state index is 0.0182. The first kappa shape index (κ1) is 27.6. The van der Waals surface area contributed by atoms with E-state index in [1.807, 2.05) is 104 Å². The summed E-state index contributed by atoms with van der Waals surface area (Å²) in [7, 11) is 1.87. The number of aryl methyl sites for hydroxylation is 1. The lowest BCUT2D eigenvalue weighted by molar-refractivity contribution is 0.0742. The summed E-state index contributed by atoms with van der Waals surface area (Å²) in [4.78, 5) is 35.1. The summed E-state index contributed by atoms with van der Waals surface area (Å²) in [5.74, 6) is -0.143. The summed E-state index contributed by atoms with van der Waals surface area (Å²) in [6, 6.07) is 27.3. The molecular weight excluding hydrogens is 510 g/mol. The van der Waals surface area contributed by atoms with Crippen molar-refractivity contribution in [2.24, 2.45) is 4.99 Å². The lowest BCUT2D eigenvalue weighted by Gasteiger charge is -2.34. The first-order valence-electron chi connectivity index (χ1n) is 13.8. The topological polar surface area (TPSA) is 77.0 Å². The molecule has 4 aromatic rings. The van der Waals surface area contributed by atoms with Gasteiger partial charge in [0.25, 0.3) is 11.8 Å². The molecule has 208 valence electrons. The Labute approximate surface area is 241 Å². The molecule has 1 heterocycles. The monoisotopic (exact) mass is 545 g/mol. The molecule has 0 aromatic heterocycles. The Morgan fingerprint density at radius 2 is 1.78 bits per heavy atom. The van der Waals surface area contributed by atoms with Gasteiger partial charge in [0.2, 0.25) is 0 Å². The fraction of sp³-hybridized carbons (Fsp3) is 0.206. The van der Waals surface area contributed by atoms with E-state index in [1.165, 1.54) is 0 Å². The van der Waals surface area contributed by atoms with E-state index in [1.54, 1.807) is 6.20 Å². The van der Waals surface area contributed by atoms with Crippen molar-refractivity contribution in [3.63, 3.8) is 0 Å². The van der Waals surface area contributed by atoms with Gasteiger partial charge in [0.05, 0.1) is 6.54 Å². The first-order chi connectivity index (χ1) is 20.0. The number of carbonyl (C=O) groups is 2. The lowest BCUT2D eigenvalue weighted by atomic mass is 10.0. The van der Waals surface area contributed by atoms with Crippen LogP contribution in [0.25, 0.3) is 10.8 Å². The van der Waals surface area contributed by atoms with Crippen LogP contribution in [0.1, 0.15) is 38.3 Å². The van der Waals surface area contributed by atoms with E-state index >= 15 is 0 Å². The molecule has 2 N–H and O–H groups in total. The Morgan fingerprint density at radius 3 is 2.59 bits per heavy atom. The Hall–Kier alpha value is -4.91. The van der Waals surface area contributed by atoms with E-state index in [-0.39, 0.29) is 11.8 Å². The van der Waals surface area contributed by atoms with E-state index in [0.717, 1.165) is 46.2 Å². The third-order valence-corrected chi connectivity index (χ3v) is 7.42. The first-order valence-corrected chi connectivity index (χ1v) is 13.8. The highest BCUT2D eigenvalue weighted by molar-refractivity contribution is 6.07. The van der Waals surface area contributed by atoms with Crippen LogP contribution in [-0.2, 0) is 6.54 Å². The number of hydrogen-bond acceptors (Lipinski definition) is 5. The van der Waals surface area contributed by atoms with E-state index in [9.17, 15) is 9.59 Å². The third-order valence-electron chi connectivity index (χ3n) is 7.42. The zero-order valence-corrected chi connectivity index (χ0v) is 23.6. The van der Waals surface area contributed by atoms with Crippen molar-refractivity contribution >= 4 is 40.7 Å². The van der Waals surface area contributed by atoms with Gasteiger partial charge in [-0.2, -0.15) is 0 Å². The van der Waals surface area contributed by atoms with Gasteiger partial charge < -0.3 is 20.4 Å². The van der Waals surface area contributed by atoms with Gasteiger partial charge >= 0.3 is 0 Å². The van der Waals surface area contributed by atoms with Crippen molar-refractivity contribution in [1.29, 1.82) is 0 Å². The molecule has 1 aliphatic rings. The van der Waals surface area contributed by atoms with Crippen LogP contribution in [0.2, 0.25) is 0 Å². The van der Waals surface area contributed by atoms with Gasteiger partial charge in [-0.1, -0.05) is 60.2 Å². The molecule has 4 aromatic carbocycles. The van der Waals surface area contributed by atoms with Gasteiger partial charge in [-0.15, -0.1) is 0 Å². The molecule has 7 nitrogen and oxygen atoms in total. The summed E-state index contributed by atoms with van der Waals surface area (Å²) < 4.78 is 0. The van der Waals surface area contributed by atoms with Crippen LogP contribution < -0.4 is 15.5 Å². The molecule has 0 atom stereocenters. The predicted octanol–water partition coefficient (Wildman–Crippen LogP) is 6.01. The highest BCUT2D eigenvalue weighted by Crippen LogP contribution is 2.30. The van der Waals surface area contributed by atoms with E-state index in [0.29, 0.717) is 36.4 Å². The zero-order chi connectivity index (χ0) is 28.8. The van der Waals surface area contributed by atoms with Gasteiger partial charge in [0, 0.05) is 61.1 Å². The second-order valence-electron chi connectivity index (χ2n) is 10.3. The molecular formula is C34H35N5O2. The predicted molar refractivity (Wildman–Crippen MR) is 168 cm³/mol. The third kappa shape index (κ3) is 6.30. The van der Waals surface area contributed by atoms with Gasteiger partial charge in [-0.05, 0) is 66.7 Å². The van der Waals surface area contributed by atoms with Crippen molar-refractivity contribution in [1.82, 2.24) is 10.2 Å². The van der Waals surface area contributed by atoms with Crippen molar-refractivity contribution < 1.29 is 9.59 Å². The number of nitrogens with zero attached hydrogens (tertiary/aromatic N) is 3. The van der Waals surface area contributed by atoms with Gasteiger partial charge in [-0.25, -0.2) is 0 Å². The van der Waals surface area contributed by atoms with E-state index < -0.39 is 0 Å². The van der Waals surface area contributed by atoms with Crippen LogP contribution in [0.15, 0.2) is 102 Å². The second kappa shape index (κ2) is 12.5. The number of carbonyl (C=O) groups excluding carboxylic acids is 2. The van der Waals surface area contributed by atoms with Crippen molar-refractivity contribution in [3.8, 4) is 0 Å². The fourth-order valence-electron chi connectivity index (χ4n) is 5.34. The Kier molecular flexibility index (Phi) is 8.44. The number of nitrogens with one attached hydrogen (secondary N) is 2. The molecule has 0 saturated heterocycles. The maximum absolute atomic E-state index is 13.9. The average molecular weight is 546 g/mol. The maximum Gasteiger partial charge on any atom is 0.255 e. The van der Waals surface area contributed by atoms with Crippen LogP contribution in [-0.4, -0.2) is 50.1 Å². The fourth-order valence-corrected chi connectivity index (χ4v) is 5.34. The molecule has 0 radical (unpaired) electrons. The van der Waals surface area contributed by atoms with Gasteiger partial charge in [-0.3, -0.25) is 14.6 Å². The molecule has 41 heavy (non-hydrogen) atoms. The van der Waals surface area contributed by atoms with E-state index in [4.69, 9.17) is 0 Å². The minimum atomic E-state index is -0.162. The number of rotatable bonds is 7. The van der Waals surface area contributed by atoms with Crippen LogP contribution in [0.3, 0.4) is 0 Å². The van der Waals surface area contributed by atoms with Crippen LogP contribution >= 0.6 is 0 Å². The number of fused-ring (bicyclic) bond motifs is 2. The van der Waals surface area contributed by atoms with Crippen molar-refractivity contribution in [2.75, 3.05) is 36.9 Å². The molecule has 0 spiro atoms. The van der Waals surface area contributed by atoms with Gasteiger partial charge in [0.1, 0.15) is 0 Å². The van der Waals surface area contributed by atoms with E-state index in [2.05, 4.69) is 27.2 Å². The van der Waals surface area contributed by atoms with Crippen LogP contribution in [0, 0.1) is 6.92 Å². The maximum atomic E-state index is 13.9. The number of hydrogen-bond donors (Lipinski definition) is 2. The SMILES string of the molecule is C=N/C=C(/CN1CCCN(C(=O)c2cccc3ccccc23)Cc2ccc(NC(=O)c3cccc(C)c3)cc21)NC. The molecule has 0 unspecified atom stereocenters. The highest BCUT2D eigenvalue weighted by atomic mass is 16.2. The van der Waals surface area contributed by atoms with Crippen molar-refractivity contribution in [2.45, 2.75) is 19.9 Å². The molecule has 0 bridgehead atoms. The van der Waals surface area contributed by atoms with Gasteiger partial charge in [0.15, 0.2) is 0 Å². The standard InChI is InChI=1S/C34H35N5O2/c1-24-9-6-12-26(19-24)33(40)37-28-16-15-27-22-39(34(41)31-14-7-11-25-10-4-5-13-30(25)31)18-8-17-38(32(27)20-28)23-29(36-3)21-35-2/h4-7,9-16,19-21,36H,2,8,17-18,22-23H2,1,3H3,(H,37,40)/b29-21-. The molecule has 2 amide bonds. The molecule has 0 fully saturated rings. The second-order valence-corrected chi connectivity index (χ2v) is 10.3. The normalized spacial score (nSPS) is 13.7. The Bertz CT molecular complexity index is 1620. The summed E-state index contributed by atoms with van der Waals surface area (Å²) in [6.07, 6.45) is 2.51. The molecule has 5 rings (SSSR count). The van der Waals surface area contributed by atoms with Crippen molar-refractivity contribution in [3.05, 3.63) is 119 Å². The minimum Gasteiger partial charge on any atom is -0.389 e. The van der Waals surface area contributed by atoms with Crippen LogP contribution in [0.5, 0.6) is 0 Å². The Balaban J connectivity index is 1.48. The number of likely N-dealkylation sites (N-methyl/N-ethyl adjacent to an activating group) is 1. The largest absolute Gasteiger partial charge is 0.389 e. The quantitative estimate of drug-likeness (QED) is 0.279. The zero-order valence-electron chi connectivity index (χ0n) is 23.6. The van der Waals surface area contributed by atoms with Crippen LogP contribution in [0.4, 0.5) is 11.4 Å². The summed E-state index contributed by atoms with van der Waals surface area (Å²) >= 11 is 0. The molecule has 1 aliphatic heterocycles. The lowest BCUT2D eigenvalue weighted by Crippen LogP contribution is -2.39.